The van der Waals surface area contributed by atoms with Gasteiger partial charge in [-0.05, 0) is 54.5 Å². The van der Waals surface area contributed by atoms with E-state index in [0.29, 0.717) is 18.7 Å². The van der Waals surface area contributed by atoms with Crippen LogP contribution in [0.15, 0.2) is 35.7 Å². The van der Waals surface area contributed by atoms with Crippen LogP contribution in [0.25, 0.3) is 0 Å². The molecule has 2 N–H and O–H groups in total. The highest BCUT2D eigenvalue weighted by Crippen LogP contribution is 2.24. The minimum Gasteiger partial charge on any atom is -0.352 e. The number of benzene rings is 1. The van der Waals surface area contributed by atoms with Crippen molar-refractivity contribution in [3.05, 3.63) is 57.3 Å². The summed E-state index contributed by atoms with van der Waals surface area (Å²) in [4.78, 5) is 40.1. The highest BCUT2D eigenvalue weighted by Gasteiger charge is 2.21. The Morgan fingerprint density at radius 3 is 2.83 bits per heavy atom. The first-order chi connectivity index (χ1) is 14.5. The summed E-state index contributed by atoms with van der Waals surface area (Å²) in [5.74, 6) is -0.254. The molecule has 3 amide bonds. The number of rotatable bonds is 8. The molecule has 1 aliphatic rings. The largest absolute Gasteiger partial charge is 0.352 e. The van der Waals surface area contributed by atoms with Crippen LogP contribution in [0.5, 0.6) is 0 Å². The molecule has 0 saturated carbocycles. The molecule has 0 bridgehead atoms. The van der Waals surface area contributed by atoms with Crippen molar-refractivity contribution in [2.24, 2.45) is 0 Å². The molecule has 2 aromatic rings. The third-order valence-electron chi connectivity index (χ3n) is 5.40. The molecule has 1 unspecified atom stereocenters. The van der Waals surface area contributed by atoms with Crippen LogP contribution in [0.2, 0.25) is 0 Å². The number of carbonyl (C=O) groups is 3. The van der Waals surface area contributed by atoms with Gasteiger partial charge in [0.2, 0.25) is 11.8 Å². The number of carbonyl (C=O) groups excluding carboxylic acids is 3. The molecule has 7 heteroatoms. The van der Waals surface area contributed by atoms with E-state index in [4.69, 9.17) is 0 Å². The first-order valence-electron chi connectivity index (χ1n) is 10.5. The topological polar surface area (TPSA) is 78.5 Å². The molecule has 1 aromatic carbocycles. The summed E-state index contributed by atoms with van der Waals surface area (Å²) in [7, 11) is 0. The Balaban J connectivity index is 1.43. The summed E-state index contributed by atoms with van der Waals surface area (Å²) < 4.78 is 0. The Hall–Kier alpha value is -2.67. The van der Waals surface area contributed by atoms with Crippen molar-refractivity contribution in [3.8, 4) is 0 Å². The summed E-state index contributed by atoms with van der Waals surface area (Å²) in [5, 5.41) is 7.85. The van der Waals surface area contributed by atoms with Crippen molar-refractivity contribution < 1.29 is 14.4 Å². The second-order valence-electron chi connectivity index (χ2n) is 7.69. The van der Waals surface area contributed by atoms with Gasteiger partial charge in [-0.3, -0.25) is 14.4 Å². The lowest BCUT2D eigenvalue weighted by Gasteiger charge is -2.27. The summed E-state index contributed by atoms with van der Waals surface area (Å²) in [6.45, 7) is 5.68. The third-order valence-corrected chi connectivity index (χ3v) is 6.42. The number of nitrogens with one attached hydrogen (secondary N) is 2. The first-order valence-corrected chi connectivity index (χ1v) is 11.3. The van der Waals surface area contributed by atoms with Crippen molar-refractivity contribution in [2.75, 3.05) is 6.54 Å². The standard InChI is InChI=1S/C23H29N3O3S/c1-3-16(2)25-23(29)18-6-4-5-17(13-18)14-24-21(27)7-8-22(28)26-11-9-20-19(15-26)10-12-30-20/h4-6,10,12-13,16H,3,7-9,11,14-15H2,1-2H3,(H,24,27)(H,25,29). The van der Waals surface area contributed by atoms with Gasteiger partial charge in [0.15, 0.2) is 0 Å². The van der Waals surface area contributed by atoms with E-state index < -0.39 is 0 Å². The molecule has 2 heterocycles. The van der Waals surface area contributed by atoms with Gasteiger partial charge in [-0.2, -0.15) is 0 Å². The predicted octanol–water partition coefficient (Wildman–Crippen LogP) is 3.26. The molecule has 0 saturated heterocycles. The molecule has 30 heavy (non-hydrogen) atoms. The van der Waals surface area contributed by atoms with Crippen LogP contribution in [-0.4, -0.2) is 35.2 Å². The normalized spacial score (nSPS) is 14.0. The zero-order valence-corrected chi connectivity index (χ0v) is 18.4. The highest BCUT2D eigenvalue weighted by molar-refractivity contribution is 7.10. The maximum atomic E-state index is 12.4. The molecule has 1 aliphatic heterocycles. The number of thiophene rings is 1. The van der Waals surface area contributed by atoms with Crippen LogP contribution in [-0.2, 0) is 29.1 Å². The lowest BCUT2D eigenvalue weighted by Crippen LogP contribution is -2.36. The van der Waals surface area contributed by atoms with Crippen LogP contribution in [0.1, 0.15) is 59.5 Å². The van der Waals surface area contributed by atoms with E-state index in [1.807, 2.05) is 30.9 Å². The molecule has 3 rings (SSSR count). The molecular weight excluding hydrogens is 398 g/mol. The number of nitrogens with zero attached hydrogens (tertiary/aromatic N) is 1. The van der Waals surface area contributed by atoms with Gasteiger partial charge in [-0.25, -0.2) is 0 Å². The van der Waals surface area contributed by atoms with Gasteiger partial charge in [0.05, 0.1) is 0 Å². The van der Waals surface area contributed by atoms with Crippen molar-refractivity contribution in [1.29, 1.82) is 0 Å². The molecule has 0 radical (unpaired) electrons. The van der Waals surface area contributed by atoms with Crippen molar-refractivity contribution >= 4 is 29.1 Å². The van der Waals surface area contributed by atoms with E-state index in [2.05, 4.69) is 22.1 Å². The minimum absolute atomic E-state index is 0.0192. The Morgan fingerprint density at radius 2 is 2.03 bits per heavy atom. The van der Waals surface area contributed by atoms with Gasteiger partial charge in [0, 0.05) is 49.0 Å². The summed E-state index contributed by atoms with van der Waals surface area (Å²) >= 11 is 1.74. The van der Waals surface area contributed by atoms with E-state index in [9.17, 15) is 14.4 Å². The summed E-state index contributed by atoms with van der Waals surface area (Å²) in [6, 6.07) is 9.42. The first kappa shape index (κ1) is 22.0. The molecule has 160 valence electrons. The number of hydrogen-bond donors (Lipinski definition) is 2. The van der Waals surface area contributed by atoms with E-state index in [1.165, 1.54) is 10.4 Å². The number of fused-ring (bicyclic) bond motifs is 1. The predicted molar refractivity (Wildman–Crippen MR) is 118 cm³/mol. The van der Waals surface area contributed by atoms with Gasteiger partial charge in [0.1, 0.15) is 0 Å². The number of hydrogen-bond acceptors (Lipinski definition) is 4. The van der Waals surface area contributed by atoms with Crippen LogP contribution in [0, 0.1) is 0 Å². The second-order valence-corrected chi connectivity index (χ2v) is 8.69. The fourth-order valence-electron chi connectivity index (χ4n) is 3.36. The van der Waals surface area contributed by atoms with Crippen molar-refractivity contribution in [3.63, 3.8) is 0 Å². The van der Waals surface area contributed by atoms with Crippen molar-refractivity contribution in [1.82, 2.24) is 15.5 Å². The fourth-order valence-corrected chi connectivity index (χ4v) is 4.25. The Morgan fingerprint density at radius 1 is 1.20 bits per heavy atom. The Labute approximate surface area is 181 Å². The van der Waals surface area contributed by atoms with Gasteiger partial charge in [-0.15, -0.1) is 11.3 Å². The van der Waals surface area contributed by atoms with Crippen LogP contribution in [0.4, 0.5) is 0 Å². The van der Waals surface area contributed by atoms with Crippen LogP contribution in [0.3, 0.4) is 0 Å². The molecule has 6 nitrogen and oxygen atoms in total. The lowest BCUT2D eigenvalue weighted by molar-refractivity contribution is -0.134. The average Bonchev–Trinajstić information content (AvgIpc) is 3.24. The molecule has 0 fully saturated rings. The minimum atomic E-state index is -0.161. The second kappa shape index (κ2) is 10.4. The highest BCUT2D eigenvalue weighted by atomic mass is 32.1. The summed E-state index contributed by atoms with van der Waals surface area (Å²) in [6.07, 6.45) is 2.14. The average molecular weight is 428 g/mol. The van der Waals surface area contributed by atoms with E-state index in [-0.39, 0.29) is 36.6 Å². The summed E-state index contributed by atoms with van der Waals surface area (Å²) in [5.41, 5.74) is 2.66. The lowest BCUT2D eigenvalue weighted by atomic mass is 10.1. The monoisotopic (exact) mass is 427 g/mol. The van der Waals surface area contributed by atoms with E-state index in [0.717, 1.165) is 24.9 Å². The molecule has 1 aromatic heterocycles. The quantitative estimate of drug-likeness (QED) is 0.679. The maximum absolute atomic E-state index is 12.4. The van der Waals surface area contributed by atoms with Crippen LogP contribution < -0.4 is 10.6 Å². The SMILES string of the molecule is CCC(C)NC(=O)c1cccc(CNC(=O)CCC(=O)N2CCc3sccc3C2)c1. The van der Waals surface area contributed by atoms with E-state index in [1.54, 1.807) is 23.5 Å². The van der Waals surface area contributed by atoms with Gasteiger partial charge in [0.25, 0.3) is 5.91 Å². The molecular formula is C23H29N3O3S. The zero-order valence-electron chi connectivity index (χ0n) is 17.6. The Kier molecular flexibility index (Phi) is 7.63. The fraction of sp³-hybridized carbons (Fsp3) is 0.435. The molecule has 0 aliphatic carbocycles. The van der Waals surface area contributed by atoms with Gasteiger partial charge >= 0.3 is 0 Å². The third kappa shape index (κ3) is 5.92. The number of amides is 3. The van der Waals surface area contributed by atoms with Gasteiger partial charge in [-0.1, -0.05) is 19.1 Å². The van der Waals surface area contributed by atoms with Crippen molar-refractivity contribution in [2.45, 2.75) is 58.7 Å². The Bertz CT molecular complexity index is 909. The zero-order chi connectivity index (χ0) is 21.5. The molecule has 0 spiro atoms. The molecule has 1 atom stereocenters. The van der Waals surface area contributed by atoms with Gasteiger partial charge < -0.3 is 15.5 Å². The van der Waals surface area contributed by atoms with Crippen LogP contribution >= 0.6 is 11.3 Å². The maximum Gasteiger partial charge on any atom is 0.251 e. The van der Waals surface area contributed by atoms with E-state index >= 15 is 0 Å². The smallest absolute Gasteiger partial charge is 0.251 e.